The molecule has 1 spiro atoms. The van der Waals surface area contributed by atoms with E-state index in [1.54, 1.807) is 0 Å². The molecule has 3 aliphatic heterocycles. The highest BCUT2D eigenvalue weighted by atomic mass is 16.6. The average molecular weight is 682 g/mol. The average Bonchev–Trinajstić information content (AvgIpc) is 3.08. The maximum absolute atomic E-state index is 12.7. The summed E-state index contributed by atoms with van der Waals surface area (Å²) < 4.78 is 22.3. The molecule has 49 heavy (non-hydrogen) atoms. The van der Waals surface area contributed by atoms with E-state index >= 15 is 0 Å². The van der Waals surface area contributed by atoms with Crippen LogP contribution in [0.15, 0.2) is 60.7 Å². The van der Waals surface area contributed by atoms with E-state index < -0.39 is 28.4 Å². The van der Waals surface area contributed by atoms with Crippen LogP contribution in [0, 0.1) is 0 Å². The normalized spacial score (nSPS) is 27.4. The minimum atomic E-state index is -1.23. The summed E-state index contributed by atoms with van der Waals surface area (Å²) in [5.74, 6) is -1.50. The van der Waals surface area contributed by atoms with Crippen molar-refractivity contribution in [2.24, 2.45) is 0 Å². The number of para-hydroxylation sites is 2. The number of carbonyl (C=O) groups excluding carboxylic acids is 4. The van der Waals surface area contributed by atoms with Gasteiger partial charge in [0.1, 0.15) is 0 Å². The van der Waals surface area contributed by atoms with Gasteiger partial charge < -0.3 is 33.9 Å². The number of imide groups is 1. The number of rotatable bonds is 8. The molecular weight excluding hydrogens is 630 g/mol. The van der Waals surface area contributed by atoms with E-state index in [-0.39, 0.29) is 55.7 Å². The van der Waals surface area contributed by atoms with Crippen molar-refractivity contribution in [1.82, 2.24) is 5.32 Å². The van der Waals surface area contributed by atoms with Crippen LogP contribution in [-0.2, 0) is 38.1 Å². The Morgan fingerprint density at radius 2 is 1.41 bits per heavy atom. The highest BCUT2D eigenvalue weighted by Gasteiger charge is 2.56. The van der Waals surface area contributed by atoms with Crippen molar-refractivity contribution in [3.8, 4) is 0 Å². The van der Waals surface area contributed by atoms with Crippen molar-refractivity contribution in [2.45, 2.75) is 101 Å². The van der Waals surface area contributed by atoms with Crippen molar-refractivity contribution in [3.63, 3.8) is 0 Å². The standard InChI is InChI=1S/C20H29NO5.C17H22N2O4/c1-6-16-19(2,3)26-20(18(23)25-5,13-12-17(22)24-4)14-21(16)15-10-8-7-9-11-15;1-16(2)13(10-20)19(12-6-4-3-5-7-12)11-17(23-16)9-8-14(21)18-15(17)22/h7-11,16H,6,12-14H2,1-5H3;3-7,13,20H,8-11H2,1-2H3,(H,18,21,22). The Hall–Kier alpha value is -4.00. The molecule has 3 heterocycles. The van der Waals surface area contributed by atoms with Crippen LogP contribution < -0.4 is 15.1 Å². The molecule has 2 amide bonds. The summed E-state index contributed by atoms with van der Waals surface area (Å²) in [5, 5.41) is 12.3. The predicted molar refractivity (Wildman–Crippen MR) is 184 cm³/mol. The van der Waals surface area contributed by atoms with Gasteiger partial charge in [0, 0.05) is 24.2 Å². The number of anilines is 2. The van der Waals surface area contributed by atoms with Crippen molar-refractivity contribution in [2.75, 3.05) is 43.7 Å². The van der Waals surface area contributed by atoms with Crippen molar-refractivity contribution in [3.05, 3.63) is 60.7 Å². The first-order valence-corrected chi connectivity index (χ1v) is 16.8. The molecule has 0 bridgehead atoms. The van der Waals surface area contributed by atoms with Gasteiger partial charge in [-0.2, -0.15) is 0 Å². The van der Waals surface area contributed by atoms with Crippen LogP contribution in [0.3, 0.4) is 0 Å². The second-order valence-corrected chi connectivity index (χ2v) is 13.9. The Balaban J connectivity index is 0.000000222. The number of piperidine rings is 1. The van der Waals surface area contributed by atoms with Gasteiger partial charge in [0.05, 0.1) is 57.2 Å². The molecule has 3 aliphatic rings. The Morgan fingerprint density at radius 1 is 0.857 bits per heavy atom. The summed E-state index contributed by atoms with van der Waals surface area (Å²) in [7, 11) is 2.68. The molecule has 3 fully saturated rings. The first kappa shape index (κ1) is 37.8. The summed E-state index contributed by atoms with van der Waals surface area (Å²) in [5.41, 5.74) is -1.70. The number of ether oxygens (including phenoxy) is 4. The second-order valence-electron chi connectivity index (χ2n) is 13.9. The largest absolute Gasteiger partial charge is 0.469 e. The van der Waals surface area contributed by atoms with E-state index in [1.807, 2.05) is 93.3 Å². The Morgan fingerprint density at radius 3 is 1.90 bits per heavy atom. The maximum atomic E-state index is 12.7. The third-order valence-electron chi connectivity index (χ3n) is 9.80. The van der Waals surface area contributed by atoms with Gasteiger partial charge in [0.25, 0.3) is 5.91 Å². The molecule has 0 saturated carbocycles. The van der Waals surface area contributed by atoms with Crippen LogP contribution in [0.25, 0.3) is 0 Å². The lowest BCUT2D eigenvalue weighted by molar-refractivity contribution is -0.205. The van der Waals surface area contributed by atoms with Gasteiger partial charge in [-0.1, -0.05) is 43.3 Å². The zero-order valence-corrected chi connectivity index (χ0v) is 29.7. The van der Waals surface area contributed by atoms with Crippen molar-refractivity contribution in [1.29, 1.82) is 0 Å². The number of aliphatic hydroxyl groups is 1. The SMILES string of the molecule is CC1(C)OC2(CCC(=O)NC2=O)CN(c2ccccc2)C1CO.CCC1N(c2ccccc2)CC(CCC(=O)OC)(C(=O)OC)OC1(C)C. The van der Waals surface area contributed by atoms with Gasteiger partial charge in [-0.05, 0) is 71.2 Å². The zero-order valence-electron chi connectivity index (χ0n) is 29.7. The number of aliphatic hydroxyl groups excluding tert-OH is 1. The summed E-state index contributed by atoms with van der Waals surface area (Å²) in [6, 6.07) is 19.4. The molecule has 12 nitrogen and oxygen atoms in total. The monoisotopic (exact) mass is 681 g/mol. The molecule has 12 heteroatoms. The van der Waals surface area contributed by atoms with Crippen LogP contribution in [0.4, 0.5) is 11.4 Å². The highest BCUT2D eigenvalue weighted by Crippen LogP contribution is 2.42. The van der Waals surface area contributed by atoms with E-state index in [1.165, 1.54) is 14.2 Å². The fraction of sp³-hybridized carbons (Fsp3) is 0.568. The molecule has 3 saturated heterocycles. The smallest absolute Gasteiger partial charge is 0.340 e. The van der Waals surface area contributed by atoms with E-state index in [4.69, 9.17) is 18.9 Å². The summed E-state index contributed by atoms with van der Waals surface area (Å²) in [6.45, 7) is 10.3. The first-order chi connectivity index (χ1) is 23.2. The van der Waals surface area contributed by atoms with Gasteiger partial charge >= 0.3 is 11.9 Å². The number of nitrogens with zero attached hydrogens (tertiary/aromatic N) is 2. The quantitative estimate of drug-likeness (QED) is 0.310. The van der Waals surface area contributed by atoms with Crippen molar-refractivity contribution < 1.29 is 43.2 Å². The molecule has 268 valence electrons. The van der Waals surface area contributed by atoms with Crippen molar-refractivity contribution >= 4 is 35.1 Å². The minimum Gasteiger partial charge on any atom is -0.469 e. The lowest BCUT2D eigenvalue weighted by atomic mass is 9.84. The molecule has 4 unspecified atom stereocenters. The van der Waals surface area contributed by atoms with Crippen LogP contribution in [-0.4, -0.2) is 97.3 Å². The summed E-state index contributed by atoms with van der Waals surface area (Å²) >= 11 is 0. The van der Waals surface area contributed by atoms with Gasteiger partial charge in [0.15, 0.2) is 11.2 Å². The van der Waals surface area contributed by atoms with E-state index in [0.717, 1.165) is 17.8 Å². The van der Waals surface area contributed by atoms with Crippen LogP contribution in [0.2, 0.25) is 0 Å². The van der Waals surface area contributed by atoms with Gasteiger partial charge in [-0.15, -0.1) is 0 Å². The Labute approximate surface area is 289 Å². The van der Waals surface area contributed by atoms with Gasteiger partial charge in [-0.3, -0.25) is 19.7 Å². The second kappa shape index (κ2) is 15.3. The summed E-state index contributed by atoms with van der Waals surface area (Å²) in [4.78, 5) is 52.6. The molecule has 0 radical (unpaired) electrons. The lowest BCUT2D eigenvalue weighted by Crippen LogP contribution is -2.72. The Kier molecular flexibility index (Phi) is 11.8. The topological polar surface area (TPSA) is 144 Å². The molecule has 0 aromatic heterocycles. The number of nitrogens with one attached hydrogen (secondary N) is 1. The summed E-state index contributed by atoms with van der Waals surface area (Å²) in [6.07, 6.45) is 1.75. The number of carbonyl (C=O) groups is 4. The zero-order chi connectivity index (χ0) is 36.0. The number of benzene rings is 2. The predicted octanol–water partition coefficient (Wildman–Crippen LogP) is 3.78. The fourth-order valence-corrected chi connectivity index (χ4v) is 7.45. The molecule has 2 aromatic carbocycles. The molecule has 5 rings (SSSR count). The lowest BCUT2D eigenvalue weighted by Gasteiger charge is -2.55. The number of morpholine rings is 2. The number of methoxy groups -OCH3 is 2. The van der Waals surface area contributed by atoms with Gasteiger partial charge in [0.2, 0.25) is 5.91 Å². The van der Waals surface area contributed by atoms with E-state index in [9.17, 15) is 24.3 Å². The van der Waals surface area contributed by atoms with Gasteiger partial charge in [-0.25, -0.2) is 4.79 Å². The van der Waals surface area contributed by atoms with Crippen LogP contribution >= 0.6 is 0 Å². The Bertz CT molecular complexity index is 1470. The van der Waals surface area contributed by atoms with Crippen LogP contribution in [0.1, 0.15) is 66.7 Å². The third kappa shape index (κ3) is 8.08. The highest BCUT2D eigenvalue weighted by molar-refractivity contribution is 6.02. The van der Waals surface area contributed by atoms with Crippen LogP contribution in [0.5, 0.6) is 0 Å². The third-order valence-corrected chi connectivity index (χ3v) is 9.80. The fourth-order valence-electron chi connectivity index (χ4n) is 7.45. The van der Waals surface area contributed by atoms with E-state index in [2.05, 4.69) is 17.1 Å². The number of hydrogen-bond donors (Lipinski definition) is 2. The number of amides is 2. The van der Waals surface area contributed by atoms with E-state index in [0.29, 0.717) is 19.5 Å². The number of esters is 2. The minimum absolute atomic E-state index is 0.0841. The molecule has 4 atom stereocenters. The molecule has 0 aliphatic carbocycles. The molecule has 2 aromatic rings. The maximum Gasteiger partial charge on any atom is 0.340 e. The molecule has 2 N–H and O–H groups in total. The number of hydrogen-bond acceptors (Lipinski definition) is 11. The molecular formula is C37H51N3O9. The first-order valence-electron chi connectivity index (χ1n) is 16.8.